The van der Waals surface area contributed by atoms with E-state index in [4.69, 9.17) is 5.73 Å². The van der Waals surface area contributed by atoms with Gasteiger partial charge in [-0.05, 0) is 17.7 Å². The number of nitrogens with two attached hydrogens (primary N) is 1. The SMILES string of the molecule is NCc1cccc(NC(=O)CCN2CCS(=O)(=O)CC2)c1. The van der Waals surface area contributed by atoms with Gasteiger partial charge in [0.25, 0.3) is 0 Å². The van der Waals surface area contributed by atoms with Gasteiger partial charge in [-0.2, -0.15) is 0 Å². The van der Waals surface area contributed by atoms with E-state index in [1.54, 1.807) is 0 Å². The molecule has 7 heteroatoms. The van der Waals surface area contributed by atoms with E-state index in [1.165, 1.54) is 0 Å². The molecule has 1 heterocycles. The molecule has 116 valence electrons. The van der Waals surface area contributed by atoms with Crippen LogP contribution in [-0.4, -0.2) is 50.4 Å². The Labute approximate surface area is 125 Å². The Morgan fingerprint density at radius 1 is 1.29 bits per heavy atom. The first-order valence-electron chi connectivity index (χ1n) is 7.00. The van der Waals surface area contributed by atoms with Crippen molar-refractivity contribution in [2.45, 2.75) is 13.0 Å². The van der Waals surface area contributed by atoms with Crippen LogP contribution in [-0.2, 0) is 21.2 Å². The molecule has 0 atom stereocenters. The first-order valence-corrected chi connectivity index (χ1v) is 8.82. The third-order valence-electron chi connectivity index (χ3n) is 3.54. The lowest BCUT2D eigenvalue weighted by Crippen LogP contribution is -2.41. The van der Waals surface area contributed by atoms with Crippen LogP contribution in [0.2, 0.25) is 0 Å². The van der Waals surface area contributed by atoms with Gasteiger partial charge in [0.05, 0.1) is 11.5 Å². The molecule has 6 nitrogen and oxygen atoms in total. The zero-order valence-corrected chi connectivity index (χ0v) is 12.7. The first kappa shape index (κ1) is 15.9. The van der Waals surface area contributed by atoms with Crippen molar-refractivity contribution in [1.29, 1.82) is 0 Å². The summed E-state index contributed by atoms with van der Waals surface area (Å²) >= 11 is 0. The summed E-state index contributed by atoms with van der Waals surface area (Å²) in [5.74, 6) is 0.304. The number of hydrogen-bond acceptors (Lipinski definition) is 5. The van der Waals surface area contributed by atoms with Gasteiger partial charge >= 0.3 is 0 Å². The number of nitrogens with zero attached hydrogens (tertiary/aromatic N) is 1. The number of carbonyl (C=O) groups excluding carboxylic acids is 1. The fourth-order valence-corrected chi connectivity index (χ4v) is 3.51. The number of hydrogen-bond donors (Lipinski definition) is 2. The monoisotopic (exact) mass is 311 g/mol. The van der Waals surface area contributed by atoms with Gasteiger partial charge in [-0.15, -0.1) is 0 Å². The highest BCUT2D eigenvalue weighted by Gasteiger charge is 2.21. The summed E-state index contributed by atoms with van der Waals surface area (Å²) in [6.07, 6.45) is 0.354. The Kier molecular flexibility index (Phi) is 5.33. The highest BCUT2D eigenvalue weighted by molar-refractivity contribution is 7.91. The number of nitrogens with one attached hydrogen (secondary N) is 1. The molecule has 21 heavy (non-hydrogen) atoms. The van der Waals surface area contributed by atoms with E-state index in [-0.39, 0.29) is 17.4 Å². The number of amides is 1. The molecule has 1 aromatic carbocycles. The summed E-state index contributed by atoms with van der Waals surface area (Å²) in [6, 6.07) is 7.44. The number of rotatable bonds is 5. The zero-order valence-electron chi connectivity index (χ0n) is 11.9. The molecule has 1 amide bonds. The minimum absolute atomic E-state index is 0.0717. The maximum Gasteiger partial charge on any atom is 0.225 e. The van der Waals surface area contributed by atoms with Crippen molar-refractivity contribution in [3.05, 3.63) is 29.8 Å². The minimum atomic E-state index is -2.86. The normalized spacial score (nSPS) is 18.3. The van der Waals surface area contributed by atoms with Gasteiger partial charge in [-0.1, -0.05) is 12.1 Å². The molecule has 0 radical (unpaired) electrons. The Morgan fingerprint density at radius 2 is 2.00 bits per heavy atom. The van der Waals surface area contributed by atoms with E-state index in [0.717, 1.165) is 11.3 Å². The van der Waals surface area contributed by atoms with Crippen molar-refractivity contribution in [3.8, 4) is 0 Å². The topological polar surface area (TPSA) is 92.5 Å². The number of benzene rings is 1. The third-order valence-corrected chi connectivity index (χ3v) is 5.15. The highest BCUT2D eigenvalue weighted by atomic mass is 32.2. The van der Waals surface area contributed by atoms with Gasteiger partial charge in [0, 0.05) is 38.3 Å². The van der Waals surface area contributed by atoms with Crippen LogP contribution in [0.25, 0.3) is 0 Å². The molecule has 0 aliphatic carbocycles. The first-order chi connectivity index (χ1) is 9.98. The lowest BCUT2D eigenvalue weighted by molar-refractivity contribution is -0.116. The molecule has 1 aliphatic heterocycles. The highest BCUT2D eigenvalue weighted by Crippen LogP contribution is 2.11. The predicted molar refractivity (Wildman–Crippen MR) is 82.7 cm³/mol. The molecule has 0 aromatic heterocycles. The van der Waals surface area contributed by atoms with Gasteiger partial charge in [-0.25, -0.2) is 8.42 Å². The van der Waals surface area contributed by atoms with Crippen molar-refractivity contribution >= 4 is 21.4 Å². The molecule has 0 spiro atoms. The average molecular weight is 311 g/mol. The second kappa shape index (κ2) is 7.02. The average Bonchev–Trinajstić information content (AvgIpc) is 2.46. The van der Waals surface area contributed by atoms with Crippen LogP contribution < -0.4 is 11.1 Å². The molecular weight excluding hydrogens is 290 g/mol. The van der Waals surface area contributed by atoms with E-state index in [0.29, 0.717) is 32.6 Å². The van der Waals surface area contributed by atoms with Crippen LogP contribution >= 0.6 is 0 Å². The summed E-state index contributed by atoms with van der Waals surface area (Å²) < 4.78 is 22.6. The van der Waals surface area contributed by atoms with Crippen molar-refractivity contribution in [2.24, 2.45) is 5.73 Å². The zero-order chi connectivity index (χ0) is 15.3. The van der Waals surface area contributed by atoms with Crippen molar-refractivity contribution in [2.75, 3.05) is 36.5 Å². The van der Waals surface area contributed by atoms with Crippen LogP contribution in [0.1, 0.15) is 12.0 Å². The fraction of sp³-hybridized carbons (Fsp3) is 0.500. The largest absolute Gasteiger partial charge is 0.326 e. The van der Waals surface area contributed by atoms with E-state index in [2.05, 4.69) is 5.32 Å². The second-order valence-electron chi connectivity index (χ2n) is 5.20. The van der Waals surface area contributed by atoms with Gasteiger partial charge < -0.3 is 16.0 Å². The van der Waals surface area contributed by atoms with Crippen molar-refractivity contribution in [1.82, 2.24) is 4.90 Å². The number of anilines is 1. The van der Waals surface area contributed by atoms with Crippen molar-refractivity contribution < 1.29 is 13.2 Å². The number of carbonyl (C=O) groups is 1. The summed E-state index contributed by atoms with van der Waals surface area (Å²) in [7, 11) is -2.86. The van der Waals surface area contributed by atoms with Gasteiger partial charge in [0.2, 0.25) is 5.91 Å². The summed E-state index contributed by atoms with van der Waals surface area (Å²) in [5, 5.41) is 2.83. The quantitative estimate of drug-likeness (QED) is 0.810. The molecule has 1 fully saturated rings. The molecular formula is C14H21N3O3S. The van der Waals surface area contributed by atoms with Crippen LogP contribution in [0.4, 0.5) is 5.69 Å². The summed E-state index contributed by atoms with van der Waals surface area (Å²) in [6.45, 7) is 2.04. The smallest absolute Gasteiger partial charge is 0.225 e. The molecule has 0 bridgehead atoms. The summed E-state index contributed by atoms with van der Waals surface area (Å²) in [4.78, 5) is 13.9. The van der Waals surface area contributed by atoms with E-state index >= 15 is 0 Å². The van der Waals surface area contributed by atoms with Gasteiger partial charge in [0.15, 0.2) is 9.84 Å². The van der Waals surface area contributed by atoms with Crippen LogP contribution in [0.3, 0.4) is 0 Å². The van der Waals surface area contributed by atoms with Crippen LogP contribution in [0.15, 0.2) is 24.3 Å². The van der Waals surface area contributed by atoms with Gasteiger partial charge in [-0.3, -0.25) is 4.79 Å². The standard InChI is InChI=1S/C14H21N3O3S/c15-11-12-2-1-3-13(10-12)16-14(18)4-5-17-6-8-21(19,20)9-7-17/h1-3,10H,4-9,11,15H2,(H,16,18). The molecule has 2 rings (SSSR count). The van der Waals surface area contributed by atoms with E-state index < -0.39 is 9.84 Å². The molecule has 1 aliphatic rings. The van der Waals surface area contributed by atoms with E-state index in [9.17, 15) is 13.2 Å². The van der Waals surface area contributed by atoms with Gasteiger partial charge in [0.1, 0.15) is 0 Å². The van der Waals surface area contributed by atoms with Crippen LogP contribution in [0, 0.1) is 0 Å². The molecule has 0 unspecified atom stereocenters. The Morgan fingerprint density at radius 3 is 2.67 bits per heavy atom. The maximum absolute atomic E-state index is 11.9. The third kappa shape index (κ3) is 5.11. The molecule has 1 saturated heterocycles. The van der Waals surface area contributed by atoms with E-state index in [1.807, 2.05) is 29.2 Å². The lowest BCUT2D eigenvalue weighted by atomic mass is 10.2. The fourth-order valence-electron chi connectivity index (χ4n) is 2.23. The number of sulfone groups is 1. The summed E-state index contributed by atoms with van der Waals surface area (Å²) in [5.41, 5.74) is 7.27. The Balaban J connectivity index is 1.77. The van der Waals surface area contributed by atoms with Crippen molar-refractivity contribution in [3.63, 3.8) is 0 Å². The second-order valence-corrected chi connectivity index (χ2v) is 7.50. The molecule has 1 aromatic rings. The minimum Gasteiger partial charge on any atom is -0.326 e. The molecule has 0 saturated carbocycles. The predicted octanol–water partition coefficient (Wildman–Crippen LogP) is 0.204. The maximum atomic E-state index is 11.9. The Hall–Kier alpha value is -1.44. The molecule has 3 N–H and O–H groups in total. The lowest BCUT2D eigenvalue weighted by Gasteiger charge is -2.26. The Bertz CT molecular complexity index is 587. The van der Waals surface area contributed by atoms with Crippen LogP contribution in [0.5, 0.6) is 0 Å².